The minimum atomic E-state index is 0.640. The highest BCUT2D eigenvalue weighted by atomic mass is 32.1. The van der Waals surface area contributed by atoms with Crippen LogP contribution in [-0.2, 0) is 0 Å². The summed E-state index contributed by atoms with van der Waals surface area (Å²) in [4.78, 5) is 0. The molecule has 0 saturated heterocycles. The minimum absolute atomic E-state index is 0.640. The van der Waals surface area contributed by atoms with Crippen molar-refractivity contribution in [1.82, 2.24) is 0 Å². The van der Waals surface area contributed by atoms with E-state index in [1.54, 1.807) is 0 Å². The van der Waals surface area contributed by atoms with E-state index in [4.69, 9.17) is 0 Å². The van der Waals surface area contributed by atoms with Crippen molar-refractivity contribution in [3.05, 3.63) is 46.2 Å². The third-order valence-electron chi connectivity index (χ3n) is 4.80. The summed E-state index contributed by atoms with van der Waals surface area (Å²) in [6.45, 7) is 0. The highest BCUT2D eigenvalue weighted by molar-refractivity contribution is 7.17. The van der Waals surface area contributed by atoms with Gasteiger partial charge < -0.3 is 0 Å². The second-order valence-corrected chi connectivity index (χ2v) is 7.15. The van der Waals surface area contributed by atoms with Crippen LogP contribution < -0.4 is 9.75 Å². The first kappa shape index (κ1) is 12.4. The van der Waals surface area contributed by atoms with E-state index in [1.807, 2.05) is 11.3 Å². The van der Waals surface area contributed by atoms with Crippen LogP contribution in [0, 0.1) is 11.8 Å². The van der Waals surface area contributed by atoms with E-state index >= 15 is 0 Å². The van der Waals surface area contributed by atoms with Gasteiger partial charge in [-0.25, -0.2) is 0 Å². The van der Waals surface area contributed by atoms with Gasteiger partial charge in [0.25, 0.3) is 0 Å². The Morgan fingerprint density at radius 1 is 1.00 bits per heavy atom. The lowest BCUT2D eigenvalue weighted by molar-refractivity contribution is 0.327. The fraction of sp³-hybridized carbons (Fsp3) is 0.368. The molecule has 0 spiro atoms. The van der Waals surface area contributed by atoms with E-state index < -0.39 is 0 Å². The first-order valence-corrected chi connectivity index (χ1v) is 8.61. The lowest BCUT2D eigenvalue weighted by atomic mass is 9.80. The zero-order valence-corrected chi connectivity index (χ0v) is 12.5. The molecular formula is C19H20S. The quantitative estimate of drug-likeness (QED) is 0.733. The van der Waals surface area contributed by atoms with Gasteiger partial charge >= 0.3 is 0 Å². The fourth-order valence-electron chi connectivity index (χ4n) is 3.70. The minimum Gasteiger partial charge on any atom is -0.136 e. The molecule has 1 unspecified atom stereocenters. The maximum absolute atomic E-state index is 2.54. The Morgan fingerprint density at radius 3 is 2.75 bits per heavy atom. The molecule has 0 N–H and O–H groups in total. The molecule has 4 rings (SSSR count). The molecule has 0 aliphatic heterocycles. The number of thiophene rings is 1. The van der Waals surface area contributed by atoms with E-state index in [2.05, 4.69) is 48.6 Å². The molecule has 1 aromatic heterocycles. The molecule has 1 fully saturated rings. The number of hydrogen-bond donors (Lipinski definition) is 0. The summed E-state index contributed by atoms with van der Waals surface area (Å²) in [5.41, 5.74) is 0. The van der Waals surface area contributed by atoms with Crippen molar-refractivity contribution < 1.29 is 0 Å². The van der Waals surface area contributed by atoms with Gasteiger partial charge in [0.05, 0.1) is 0 Å². The maximum atomic E-state index is 2.54. The molecule has 1 aromatic carbocycles. The third kappa shape index (κ3) is 2.14. The SMILES string of the molecule is C1=CC(C2CCCCC2)C=c2sc3ccccc3c2=C1. The van der Waals surface area contributed by atoms with Crippen LogP contribution in [0.25, 0.3) is 22.2 Å². The normalized spacial score (nSPS) is 22.9. The predicted octanol–water partition coefficient (Wildman–Crippen LogP) is 4.23. The third-order valence-corrected chi connectivity index (χ3v) is 5.95. The van der Waals surface area contributed by atoms with Gasteiger partial charge in [0.1, 0.15) is 0 Å². The Bertz CT molecular complexity index is 757. The highest BCUT2D eigenvalue weighted by Crippen LogP contribution is 2.32. The van der Waals surface area contributed by atoms with Crippen molar-refractivity contribution in [3.63, 3.8) is 0 Å². The van der Waals surface area contributed by atoms with Crippen LogP contribution in [0.4, 0.5) is 0 Å². The summed E-state index contributed by atoms with van der Waals surface area (Å²) in [5.74, 6) is 1.51. The molecule has 2 aliphatic rings. The van der Waals surface area contributed by atoms with Gasteiger partial charge in [-0.1, -0.05) is 61.8 Å². The Labute approximate surface area is 124 Å². The molecule has 2 aliphatic carbocycles. The van der Waals surface area contributed by atoms with Gasteiger partial charge in [0.15, 0.2) is 0 Å². The molecule has 1 heterocycles. The Balaban J connectivity index is 1.83. The van der Waals surface area contributed by atoms with Crippen molar-refractivity contribution in [3.8, 4) is 0 Å². The van der Waals surface area contributed by atoms with Gasteiger partial charge in [0, 0.05) is 14.6 Å². The van der Waals surface area contributed by atoms with Gasteiger partial charge in [-0.3, -0.25) is 0 Å². The van der Waals surface area contributed by atoms with E-state index in [-0.39, 0.29) is 0 Å². The van der Waals surface area contributed by atoms with Gasteiger partial charge in [-0.15, -0.1) is 11.3 Å². The topological polar surface area (TPSA) is 0 Å². The first-order chi connectivity index (χ1) is 9.92. The van der Waals surface area contributed by atoms with Crippen LogP contribution in [0.5, 0.6) is 0 Å². The second-order valence-electron chi connectivity index (χ2n) is 6.07. The molecule has 0 amide bonds. The van der Waals surface area contributed by atoms with Gasteiger partial charge in [-0.05, 0) is 36.0 Å². The molecule has 1 heteroatoms. The highest BCUT2D eigenvalue weighted by Gasteiger charge is 2.20. The van der Waals surface area contributed by atoms with Gasteiger partial charge in [-0.2, -0.15) is 0 Å². The van der Waals surface area contributed by atoms with Crippen molar-refractivity contribution in [2.45, 2.75) is 32.1 Å². The Kier molecular flexibility index (Phi) is 3.23. The molecule has 1 atom stereocenters. The average molecular weight is 280 g/mol. The van der Waals surface area contributed by atoms with E-state index in [0.717, 1.165) is 5.92 Å². The van der Waals surface area contributed by atoms with E-state index in [9.17, 15) is 0 Å². The molecule has 0 nitrogen and oxygen atoms in total. The predicted molar refractivity (Wildman–Crippen MR) is 89.2 cm³/mol. The number of benzene rings is 1. The van der Waals surface area contributed by atoms with E-state index in [1.165, 1.54) is 51.9 Å². The molecule has 2 aromatic rings. The van der Waals surface area contributed by atoms with Crippen LogP contribution in [-0.4, -0.2) is 0 Å². The Hall–Kier alpha value is -1.34. The molecule has 20 heavy (non-hydrogen) atoms. The van der Waals surface area contributed by atoms with Crippen molar-refractivity contribution >= 4 is 33.6 Å². The summed E-state index contributed by atoms with van der Waals surface area (Å²) < 4.78 is 2.90. The molecule has 102 valence electrons. The van der Waals surface area contributed by atoms with Crippen LogP contribution in [0.15, 0.2) is 36.4 Å². The first-order valence-electron chi connectivity index (χ1n) is 7.80. The number of hydrogen-bond acceptors (Lipinski definition) is 1. The maximum Gasteiger partial charge on any atom is 0.0355 e. The largest absolute Gasteiger partial charge is 0.136 e. The lowest BCUT2D eigenvalue weighted by Gasteiger charge is -2.25. The summed E-state index contributed by atoms with van der Waals surface area (Å²) >= 11 is 1.95. The van der Waals surface area contributed by atoms with Gasteiger partial charge in [0.2, 0.25) is 0 Å². The lowest BCUT2D eigenvalue weighted by Crippen LogP contribution is -2.21. The van der Waals surface area contributed by atoms with Crippen LogP contribution in [0.1, 0.15) is 32.1 Å². The fourth-order valence-corrected chi connectivity index (χ4v) is 4.89. The zero-order valence-electron chi connectivity index (χ0n) is 11.7. The van der Waals surface area contributed by atoms with Crippen LogP contribution in [0.3, 0.4) is 0 Å². The van der Waals surface area contributed by atoms with Crippen LogP contribution >= 0.6 is 11.3 Å². The summed E-state index contributed by atoms with van der Waals surface area (Å²) in [6.07, 6.45) is 16.7. The van der Waals surface area contributed by atoms with Crippen molar-refractivity contribution in [1.29, 1.82) is 0 Å². The molecular weight excluding hydrogens is 260 g/mol. The number of fused-ring (bicyclic) bond motifs is 3. The zero-order chi connectivity index (χ0) is 13.4. The number of rotatable bonds is 1. The standard InChI is InChI=1S/C19H20S/c1-2-7-14(8-3-1)15-9-6-11-17-16-10-4-5-12-18(16)20-19(17)13-15/h4-6,9-15H,1-3,7-8H2. The molecule has 1 saturated carbocycles. The number of allylic oxidation sites excluding steroid dienone is 2. The second kappa shape index (κ2) is 5.21. The summed E-state index contributed by atoms with van der Waals surface area (Å²) in [7, 11) is 0. The van der Waals surface area contributed by atoms with Crippen molar-refractivity contribution in [2.24, 2.45) is 11.8 Å². The Morgan fingerprint density at radius 2 is 1.85 bits per heavy atom. The van der Waals surface area contributed by atoms with Crippen molar-refractivity contribution in [2.75, 3.05) is 0 Å². The monoisotopic (exact) mass is 280 g/mol. The smallest absolute Gasteiger partial charge is 0.0355 e. The average Bonchev–Trinajstić information content (AvgIpc) is 2.71. The summed E-state index contributed by atoms with van der Waals surface area (Å²) in [5, 5.41) is 2.85. The van der Waals surface area contributed by atoms with Crippen LogP contribution in [0.2, 0.25) is 0 Å². The summed E-state index contributed by atoms with van der Waals surface area (Å²) in [6, 6.07) is 8.79. The molecule has 0 radical (unpaired) electrons. The van der Waals surface area contributed by atoms with E-state index in [0.29, 0.717) is 5.92 Å². The molecule has 0 bridgehead atoms.